The van der Waals surface area contributed by atoms with Gasteiger partial charge in [-0.3, -0.25) is 38.5 Å². The molecule has 0 spiro atoms. The number of piperidine rings is 2. The Labute approximate surface area is 311 Å². The number of fused-ring (bicyclic) bond motifs is 2. The van der Waals surface area contributed by atoms with Gasteiger partial charge in [-0.2, -0.15) is 10.4 Å². The summed E-state index contributed by atoms with van der Waals surface area (Å²) < 4.78 is 10.9. The van der Waals surface area contributed by atoms with Crippen LogP contribution in [0.5, 0.6) is 5.75 Å². The van der Waals surface area contributed by atoms with Gasteiger partial charge in [-0.15, -0.1) is 0 Å². The highest BCUT2D eigenvalue weighted by atomic mass is 16.5. The number of imidazole rings is 1. The maximum absolute atomic E-state index is 13.4. The molecule has 5 aromatic rings. The van der Waals surface area contributed by atoms with Crippen molar-refractivity contribution in [1.29, 1.82) is 5.26 Å². The molecular weight excluding hydrogens is 686 g/mol. The van der Waals surface area contributed by atoms with Gasteiger partial charge in [0.25, 0.3) is 5.91 Å². The van der Waals surface area contributed by atoms with Crippen LogP contribution in [-0.2, 0) is 16.6 Å². The number of aryl methyl sites for hydroxylation is 1. The molecule has 278 valence electrons. The average molecular weight is 730 g/mol. The zero-order valence-corrected chi connectivity index (χ0v) is 30.5. The van der Waals surface area contributed by atoms with Gasteiger partial charge in [-0.25, -0.2) is 4.79 Å². The Balaban J connectivity index is 0.879. The summed E-state index contributed by atoms with van der Waals surface area (Å²) >= 11 is 0. The first-order chi connectivity index (χ1) is 26.2. The Morgan fingerprint density at radius 1 is 1.04 bits per heavy atom. The van der Waals surface area contributed by atoms with E-state index < -0.39 is 11.9 Å². The van der Waals surface area contributed by atoms with Gasteiger partial charge in [0.2, 0.25) is 11.8 Å². The largest absolute Gasteiger partial charge is 0.494 e. The molecule has 5 heterocycles. The molecule has 3 aromatic heterocycles. The SMILES string of the molecule is COc1cc2nn(C3CCC(CN4CCC(c5cccc6c5n(C)c(=O)n6C5CCC(=O)NC5=O)CC4)CC3)cc2cc1NC(=O)c1cncc(C#N)c1. The third-order valence-electron chi connectivity index (χ3n) is 11.6. The summed E-state index contributed by atoms with van der Waals surface area (Å²) in [5, 5.41) is 20.3. The van der Waals surface area contributed by atoms with Gasteiger partial charge in [0.15, 0.2) is 0 Å². The van der Waals surface area contributed by atoms with E-state index in [1.54, 1.807) is 23.3 Å². The van der Waals surface area contributed by atoms with Crippen LogP contribution in [-0.4, -0.2) is 73.3 Å². The fourth-order valence-electron chi connectivity index (χ4n) is 8.76. The number of hydrogen-bond donors (Lipinski definition) is 2. The van der Waals surface area contributed by atoms with Gasteiger partial charge < -0.3 is 15.0 Å². The molecule has 2 aliphatic heterocycles. The van der Waals surface area contributed by atoms with E-state index in [9.17, 15) is 24.4 Å². The number of methoxy groups -OCH3 is 1. The summed E-state index contributed by atoms with van der Waals surface area (Å²) in [5.74, 6) is 0.353. The first kappa shape index (κ1) is 35.2. The van der Waals surface area contributed by atoms with E-state index in [4.69, 9.17) is 9.84 Å². The van der Waals surface area contributed by atoms with Gasteiger partial charge in [-0.1, -0.05) is 12.1 Å². The Morgan fingerprint density at radius 3 is 2.57 bits per heavy atom. The van der Waals surface area contributed by atoms with Gasteiger partial charge in [-0.05, 0) is 93.6 Å². The van der Waals surface area contributed by atoms with Crippen LogP contribution in [0.2, 0.25) is 0 Å². The van der Waals surface area contributed by atoms with E-state index in [1.807, 2.05) is 36.5 Å². The summed E-state index contributed by atoms with van der Waals surface area (Å²) in [4.78, 5) is 57.4. The Kier molecular flexibility index (Phi) is 9.49. The number of nitrogens with zero attached hydrogens (tertiary/aromatic N) is 7. The van der Waals surface area contributed by atoms with E-state index in [0.29, 0.717) is 41.3 Å². The number of ether oxygens (including phenoxy) is 1. The summed E-state index contributed by atoms with van der Waals surface area (Å²) in [6, 6.07) is 12.9. The molecule has 14 nitrogen and oxygen atoms in total. The normalized spacial score (nSPS) is 21.2. The molecular formula is C40H43N9O5. The van der Waals surface area contributed by atoms with Crippen molar-refractivity contribution in [3.63, 3.8) is 0 Å². The van der Waals surface area contributed by atoms with Crippen molar-refractivity contribution in [2.75, 3.05) is 32.1 Å². The molecule has 0 radical (unpaired) electrons. The van der Waals surface area contributed by atoms with E-state index in [-0.39, 0.29) is 29.5 Å². The number of anilines is 1. The van der Waals surface area contributed by atoms with Crippen LogP contribution in [0.15, 0.2) is 59.8 Å². The van der Waals surface area contributed by atoms with E-state index in [1.165, 1.54) is 18.5 Å². The van der Waals surface area contributed by atoms with Crippen LogP contribution in [0.4, 0.5) is 5.69 Å². The maximum atomic E-state index is 13.4. The van der Waals surface area contributed by atoms with Crippen LogP contribution >= 0.6 is 0 Å². The Hall–Kier alpha value is -5.81. The number of nitrogens with one attached hydrogen (secondary N) is 2. The van der Waals surface area contributed by atoms with Crippen molar-refractivity contribution in [3.8, 4) is 11.8 Å². The lowest BCUT2D eigenvalue weighted by atomic mass is 9.84. The number of carbonyl (C=O) groups is 3. The number of likely N-dealkylation sites (tertiary alicyclic amines) is 1. The van der Waals surface area contributed by atoms with Gasteiger partial charge in [0, 0.05) is 50.1 Å². The summed E-state index contributed by atoms with van der Waals surface area (Å²) in [6.45, 7) is 3.06. The van der Waals surface area contributed by atoms with Crippen LogP contribution in [0.25, 0.3) is 21.9 Å². The van der Waals surface area contributed by atoms with Crippen molar-refractivity contribution < 1.29 is 19.1 Å². The monoisotopic (exact) mass is 729 g/mol. The average Bonchev–Trinajstić information content (AvgIpc) is 3.72. The van der Waals surface area contributed by atoms with Gasteiger partial charge >= 0.3 is 5.69 Å². The highest BCUT2D eigenvalue weighted by Crippen LogP contribution is 2.38. The topological polar surface area (TPSA) is 169 Å². The molecule has 2 saturated heterocycles. The molecule has 1 saturated carbocycles. The zero-order valence-electron chi connectivity index (χ0n) is 30.5. The predicted octanol–water partition coefficient (Wildman–Crippen LogP) is 4.81. The zero-order chi connectivity index (χ0) is 37.5. The molecule has 3 aliphatic rings. The number of nitriles is 1. The van der Waals surface area contributed by atoms with Crippen LogP contribution in [0, 0.1) is 17.2 Å². The second kappa shape index (κ2) is 14.5. The molecule has 8 rings (SSSR count). The maximum Gasteiger partial charge on any atom is 0.329 e. The number of carbonyl (C=O) groups excluding carboxylic acids is 3. The molecule has 2 aromatic carbocycles. The second-order valence-electron chi connectivity index (χ2n) is 14.9. The standard InChI is InChI=1S/C40H43N9O5/c1-46-37-30(4-3-5-33(37)49(40(46)53)34-10-11-36(50)44-39(34)52)26-12-14-47(15-13-26)22-24-6-8-29(9-7-24)48-23-28-17-32(35(54-2)18-31(28)45-48)43-38(51)27-16-25(19-41)20-42-21-27/h3-5,16-18,20-21,23-24,26,29,34H,6-15,22H2,1-2H3,(H,43,51)(H,44,50,52). The fourth-order valence-corrected chi connectivity index (χ4v) is 8.76. The van der Waals surface area contributed by atoms with Crippen LogP contribution in [0.1, 0.15) is 90.9 Å². The van der Waals surface area contributed by atoms with Crippen molar-refractivity contribution in [1.82, 2.24) is 34.1 Å². The van der Waals surface area contributed by atoms with E-state index >= 15 is 0 Å². The molecule has 3 fully saturated rings. The van der Waals surface area contributed by atoms with Crippen LogP contribution in [0.3, 0.4) is 0 Å². The number of benzene rings is 2. The van der Waals surface area contributed by atoms with Crippen LogP contribution < -0.4 is 21.1 Å². The van der Waals surface area contributed by atoms with E-state index in [0.717, 1.165) is 85.7 Å². The van der Waals surface area contributed by atoms with E-state index in [2.05, 4.69) is 31.3 Å². The number of rotatable bonds is 8. The molecule has 3 amide bonds. The van der Waals surface area contributed by atoms with Crippen molar-refractivity contribution in [3.05, 3.63) is 82.2 Å². The number of amides is 3. The third kappa shape index (κ3) is 6.64. The Morgan fingerprint density at radius 2 is 1.83 bits per heavy atom. The predicted molar refractivity (Wildman–Crippen MR) is 201 cm³/mol. The van der Waals surface area contributed by atoms with Crippen molar-refractivity contribution in [2.24, 2.45) is 13.0 Å². The van der Waals surface area contributed by atoms with Crippen molar-refractivity contribution >= 4 is 45.3 Å². The summed E-state index contributed by atoms with van der Waals surface area (Å²) in [7, 11) is 3.34. The molecule has 1 aliphatic carbocycles. The van der Waals surface area contributed by atoms with Gasteiger partial charge in [0.05, 0.1) is 46.5 Å². The lowest BCUT2D eigenvalue weighted by molar-refractivity contribution is -0.135. The number of imide groups is 1. The minimum Gasteiger partial charge on any atom is -0.494 e. The fraction of sp³-hybridized carbons (Fsp3) is 0.425. The quantitative estimate of drug-likeness (QED) is 0.213. The smallest absolute Gasteiger partial charge is 0.329 e. The molecule has 2 N–H and O–H groups in total. The highest BCUT2D eigenvalue weighted by Gasteiger charge is 2.33. The Bertz CT molecular complexity index is 2370. The molecule has 0 bridgehead atoms. The number of pyridine rings is 1. The number of para-hydroxylation sites is 1. The first-order valence-corrected chi connectivity index (χ1v) is 18.7. The minimum absolute atomic E-state index is 0.222. The number of aromatic nitrogens is 5. The summed E-state index contributed by atoms with van der Waals surface area (Å²) in [5.41, 5.74) is 4.48. The number of hydrogen-bond acceptors (Lipinski definition) is 9. The molecule has 1 atom stereocenters. The van der Waals surface area contributed by atoms with Gasteiger partial charge in [0.1, 0.15) is 17.9 Å². The molecule has 54 heavy (non-hydrogen) atoms. The highest BCUT2D eigenvalue weighted by molar-refractivity contribution is 6.06. The lowest BCUT2D eigenvalue weighted by Gasteiger charge is -2.37. The summed E-state index contributed by atoms with van der Waals surface area (Å²) in [6.07, 6.45) is 11.8. The van der Waals surface area contributed by atoms with Crippen molar-refractivity contribution in [2.45, 2.75) is 69.4 Å². The molecule has 14 heteroatoms. The lowest BCUT2D eigenvalue weighted by Crippen LogP contribution is -2.44. The second-order valence-corrected chi connectivity index (χ2v) is 14.9. The first-order valence-electron chi connectivity index (χ1n) is 18.7. The third-order valence-corrected chi connectivity index (χ3v) is 11.6. The molecule has 1 unspecified atom stereocenters. The minimum atomic E-state index is -0.687.